The Morgan fingerprint density at radius 3 is 2.44 bits per heavy atom. The van der Waals surface area contributed by atoms with Crippen molar-refractivity contribution < 1.29 is 31.8 Å². The molecule has 3 N–H and O–H groups in total. The van der Waals surface area contributed by atoms with Gasteiger partial charge in [-0.15, -0.1) is 0 Å². The topological polar surface area (TPSA) is 144 Å². The Morgan fingerprint density at radius 2 is 1.84 bits per heavy atom. The zero-order chi connectivity index (χ0) is 31.7. The summed E-state index contributed by atoms with van der Waals surface area (Å²) in [6, 6.07) is 5.86. The number of nitrogens with zero attached hydrogens (tertiary/aromatic N) is 5. The summed E-state index contributed by atoms with van der Waals surface area (Å²) in [5.41, 5.74) is 1.04. The molecule has 4 rings (SSSR count). The van der Waals surface area contributed by atoms with Gasteiger partial charge in [-0.1, -0.05) is 13.8 Å². The Hall–Kier alpha value is -3.46. The quantitative estimate of drug-likeness (QED) is 0.330. The number of hydrogen-bond donors (Lipinski definition) is 2. The first-order chi connectivity index (χ1) is 20.1. The van der Waals surface area contributed by atoms with E-state index in [4.69, 9.17) is 9.88 Å². The van der Waals surface area contributed by atoms with Crippen LogP contribution in [-0.4, -0.2) is 83.9 Å². The minimum atomic E-state index is -4.43. The number of carbonyl (C=O) groups is 1. The van der Waals surface area contributed by atoms with Crippen LogP contribution in [0.15, 0.2) is 35.5 Å². The summed E-state index contributed by atoms with van der Waals surface area (Å²) < 4.78 is 61.8. The van der Waals surface area contributed by atoms with Crippen LogP contribution in [-0.2, 0) is 33.3 Å². The number of sulfonamides is 1. The number of aromatic nitrogens is 3. The third-order valence-corrected chi connectivity index (χ3v) is 8.32. The Labute approximate surface area is 250 Å². The van der Waals surface area contributed by atoms with Crippen molar-refractivity contribution in [2.24, 2.45) is 5.14 Å². The van der Waals surface area contributed by atoms with Gasteiger partial charge in [-0.05, 0) is 67.3 Å². The van der Waals surface area contributed by atoms with Gasteiger partial charge < -0.3 is 14.7 Å². The number of hydrogen-bond acceptors (Lipinski definition) is 8. The Kier molecular flexibility index (Phi) is 9.54. The Balaban J connectivity index is 1.65. The van der Waals surface area contributed by atoms with Gasteiger partial charge in [0, 0.05) is 45.0 Å². The number of nitrogens with two attached hydrogens (primary N) is 1. The van der Waals surface area contributed by atoms with Crippen molar-refractivity contribution in [2.45, 2.75) is 57.1 Å². The van der Waals surface area contributed by atoms with E-state index in [0.29, 0.717) is 35.3 Å². The van der Waals surface area contributed by atoms with Crippen LogP contribution in [0, 0.1) is 11.6 Å². The molecule has 0 spiro atoms. The van der Waals surface area contributed by atoms with E-state index in [-0.39, 0.29) is 37.1 Å². The minimum absolute atomic E-state index is 0.0724. The fraction of sp³-hybridized carbons (Fsp3) is 0.483. The molecule has 0 radical (unpaired) electrons. The second kappa shape index (κ2) is 12.6. The van der Waals surface area contributed by atoms with Crippen molar-refractivity contribution in [1.82, 2.24) is 24.6 Å². The van der Waals surface area contributed by atoms with Crippen LogP contribution in [0.3, 0.4) is 0 Å². The molecule has 3 heterocycles. The molecule has 0 atom stereocenters. The molecule has 43 heavy (non-hydrogen) atoms. The number of piperazine rings is 1. The molecule has 0 unspecified atom stereocenters. The number of ether oxygens (including phenoxy) is 1. The molecule has 14 heteroatoms. The number of likely N-dealkylation sites (N-methyl/N-ethyl adjacent to an activating group) is 1. The molecule has 234 valence electrons. The monoisotopic (exact) mass is 620 g/mol. The van der Waals surface area contributed by atoms with E-state index in [1.54, 1.807) is 26.0 Å². The summed E-state index contributed by atoms with van der Waals surface area (Å²) in [7, 11) is -2.44. The number of benzene rings is 1. The normalized spacial score (nSPS) is 15.3. The molecule has 1 aliphatic rings. The smallest absolute Gasteiger partial charge is 0.307 e. The van der Waals surface area contributed by atoms with Crippen LogP contribution >= 0.6 is 0 Å². The fourth-order valence-electron chi connectivity index (χ4n) is 5.19. The van der Waals surface area contributed by atoms with E-state index in [9.17, 15) is 22.7 Å². The molecule has 11 nitrogen and oxygen atoms in total. The number of halogens is 2. The summed E-state index contributed by atoms with van der Waals surface area (Å²) in [4.78, 5) is 20.1. The lowest BCUT2D eigenvalue weighted by atomic mass is 9.88. The molecular weight excluding hydrogens is 582 g/mol. The number of aliphatic carboxylic acids is 1. The van der Waals surface area contributed by atoms with Gasteiger partial charge in [0.25, 0.3) is 10.0 Å². The van der Waals surface area contributed by atoms with E-state index < -0.39 is 38.2 Å². The highest BCUT2D eigenvalue weighted by atomic mass is 32.2. The molecule has 0 saturated carbocycles. The second-order valence-electron chi connectivity index (χ2n) is 11.8. The standard InChI is InChI=1S/C29H38F2N6O5S/c1-18(2)21-13-20(30)14-22(23(21)15-26(38)39)19-6-7-33-25(12-19)42-17-29(3,4)37-24(16-36-10-8-35(5)9-11-36)27(31)28(34-37)43(32,40)41/h6-7,12-14,18H,8-11,15-17H2,1-5H3,(H,38,39)(H2,32,40,41). The second-order valence-corrected chi connectivity index (χ2v) is 13.3. The zero-order valence-corrected chi connectivity index (χ0v) is 25.8. The van der Waals surface area contributed by atoms with Crippen molar-refractivity contribution in [2.75, 3.05) is 39.8 Å². The van der Waals surface area contributed by atoms with Crippen molar-refractivity contribution >= 4 is 16.0 Å². The fourth-order valence-corrected chi connectivity index (χ4v) is 5.76. The van der Waals surface area contributed by atoms with Gasteiger partial charge in [0.2, 0.25) is 10.9 Å². The maximum absolute atomic E-state index is 15.5. The van der Waals surface area contributed by atoms with E-state index >= 15 is 4.39 Å². The summed E-state index contributed by atoms with van der Waals surface area (Å²) in [6.07, 6.45) is 1.18. The molecule has 0 bridgehead atoms. The first-order valence-electron chi connectivity index (χ1n) is 13.9. The average Bonchev–Trinajstić information content (AvgIpc) is 3.26. The number of carboxylic acids is 1. The molecule has 0 aliphatic carbocycles. The SMILES string of the molecule is CC(C)c1cc(F)cc(-c2ccnc(OCC(C)(C)n3nc(S(N)(=O)=O)c(F)c3CN3CCN(C)CC3)c2)c1CC(=O)O. The van der Waals surface area contributed by atoms with Gasteiger partial charge in [-0.25, -0.2) is 27.3 Å². The van der Waals surface area contributed by atoms with Gasteiger partial charge in [0.15, 0.2) is 5.82 Å². The molecule has 3 aromatic rings. The van der Waals surface area contributed by atoms with Crippen molar-refractivity contribution in [3.8, 4) is 17.0 Å². The van der Waals surface area contributed by atoms with Gasteiger partial charge in [-0.2, -0.15) is 5.10 Å². The van der Waals surface area contributed by atoms with E-state index in [2.05, 4.69) is 15.0 Å². The van der Waals surface area contributed by atoms with Crippen LogP contribution in [0.5, 0.6) is 5.88 Å². The summed E-state index contributed by atoms with van der Waals surface area (Å²) in [5.74, 6) is -2.49. The minimum Gasteiger partial charge on any atom is -0.481 e. The number of rotatable bonds is 11. The number of carboxylic acid groups (broad SMARTS) is 1. The summed E-state index contributed by atoms with van der Waals surface area (Å²) in [6.45, 7) is 10.1. The first kappa shape index (κ1) is 32.5. The van der Waals surface area contributed by atoms with Gasteiger partial charge in [0.05, 0.1) is 17.7 Å². The zero-order valence-electron chi connectivity index (χ0n) is 25.0. The number of primary sulfonamides is 1. The molecule has 1 saturated heterocycles. The lowest BCUT2D eigenvalue weighted by Gasteiger charge is -2.33. The first-order valence-corrected chi connectivity index (χ1v) is 15.5. The highest BCUT2D eigenvalue weighted by molar-refractivity contribution is 7.89. The van der Waals surface area contributed by atoms with Crippen LogP contribution in [0.25, 0.3) is 11.1 Å². The summed E-state index contributed by atoms with van der Waals surface area (Å²) in [5, 5.41) is 18.1. The number of pyridine rings is 1. The third-order valence-electron chi connectivity index (χ3n) is 7.52. The lowest BCUT2D eigenvalue weighted by molar-refractivity contribution is -0.136. The van der Waals surface area contributed by atoms with Crippen molar-refractivity contribution in [3.63, 3.8) is 0 Å². The maximum atomic E-state index is 15.5. The van der Waals surface area contributed by atoms with Crippen LogP contribution < -0.4 is 9.88 Å². The van der Waals surface area contributed by atoms with E-state index in [1.165, 1.54) is 23.0 Å². The third kappa shape index (κ3) is 7.55. The highest BCUT2D eigenvalue weighted by Crippen LogP contribution is 2.34. The largest absolute Gasteiger partial charge is 0.481 e. The van der Waals surface area contributed by atoms with Crippen LogP contribution in [0.2, 0.25) is 0 Å². The van der Waals surface area contributed by atoms with Crippen molar-refractivity contribution in [3.05, 3.63) is 58.9 Å². The maximum Gasteiger partial charge on any atom is 0.307 e. The molecule has 0 amide bonds. The molecule has 1 fully saturated rings. The Morgan fingerprint density at radius 1 is 1.16 bits per heavy atom. The van der Waals surface area contributed by atoms with Crippen LogP contribution in [0.1, 0.15) is 50.4 Å². The predicted octanol–water partition coefficient (Wildman–Crippen LogP) is 3.18. The predicted molar refractivity (Wildman–Crippen MR) is 156 cm³/mol. The van der Waals surface area contributed by atoms with Gasteiger partial charge in [0.1, 0.15) is 12.4 Å². The molecule has 1 aromatic carbocycles. The Bertz CT molecular complexity index is 1600. The highest BCUT2D eigenvalue weighted by Gasteiger charge is 2.34. The molecule has 2 aromatic heterocycles. The van der Waals surface area contributed by atoms with Gasteiger partial charge in [-0.3, -0.25) is 14.4 Å². The van der Waals surface area contributed by atoms with Gasteiger partial charge >= 0.3 is 5.97 Å². The molecular formula is C29H38F2N6O5S. The summed E-state index contributed by atoms with van der Waals surface area (Å²) >= 11 is 0. The van der Waals surface area contributed by atoms with E-state index in [0.717, 1.165) is 13.1 Å². The van der Waals surface area contributed by atoms with E-state index in [1.807, 2.05) is 25.8 Å². The lowest BCUT2D eigenvalue weighted by Crippen LogP contribution is -2.45. The van der Waals surface area contributed by atoms with Crippen LogP contribution in [0.4, 0.5) is 8.78 Å². The average molecular weight is 621 g/mol. The van der Waals surface area contributed by atoms with Crippen molar-refractivity contribution in [1.29, 1.82) is 0 Å². The molecule has 1 aliphatic heterocycles.